The predicted molar refractivity (Wildman–Crippen MR) is 64.8 cm³/mol. The summed E-state index contributed by atoms with van der Waals surface area (Å²) in [6.45, 7) is 0. The third-order valence-electron chi connectivity index (χ3n) is 2.81. The lowest BCUT2D eigenvalue weighted by atomic mass is 10.1. The van der Waals surface area contributed by atoms with E-state index in [1.807, 2.05) is 36.4 Å². The molecule has 3 rings (SSSR count). The van der Waals surface area contributed by atoms with E-state index in [0.717, 1.165) is 17.1 Å². The minimum Gasteiger partial charge on any atom is -0.467 e. The maximum absolute atomic E-state index is 11.8. The minimum atomic E-state index is -0.117. The zero-order valence-corrected chi connectivity index (χ0v) is 9.14. The number of amides is 1. The highest BCUT2D eigenvalue weighted by Crippen LogP contribution is 2.31. The molecule has 0 unspecified atom stereocenters. The van der Waals surface area contributed by atoms with Gasteiger partial charge in [-0.2, -0.15) is 0 Å². The molecule has 1 aliphatic rings. The zero-order chi connectivity index (χ0) is 11.7. The van der Waals surface area contributed by atoms with Crippen molar-refractivity contribution in [3.8, 4) is 0 Å². The molecule has 1 atom stereocenters. The van der Waals surface area contributed by atoms with Gasteiger partial charge in [-0.25, -0.2) is 0 Å². The van der Waals surface area contributed by atoms with E-state index in [2.05, 4.69) is 10.6 Å². The Morgan fingerprint density at radius 1 is 1.12 bits per heavy atom. The molecule has 4 nitrogen and oxygen atoms in total. The van der Waals surface area contributed by atoms with Crippen molar-refractivity contribution in [2.45, 2.75) is 12.5 Å². The van der Waals surface area contributed by atoms with Gasteiger partial charge in [0.1, 0.15) is 5.76 Å². The van der Waals surface area contributed by atoms with E-state index in [-0.39, 0.29) is 11.9 Å². The molecular weight excluding hydrogens is 216 g/mol. The molecule has 2 N–H and O–H groups in total. The molecule has 1 amide bonds. The summed E-state index contributed by atoms with van der Waals surface area (Å²) >= 11 is 0. The molecule has 0 aliphatic carbocycles. The fraction of sp³-hybridized carbons (Fsp3) is 0.154. The molecule has 2 aromatic rings. The molecule has 86 valence electrons. The largest absolute Gasteiger partial charge is 0.467 e. The molecule has 1 aromatic carbocycles. The molecule has 17 heavy (non-hydrogen) atoms. The van der Waals surface area contributed by atoms with Gasteiger partial charge in [0.25, 0.3) is 0 Å². The van der Waals surface area contributed by atoms with Gasteiger partial charge in [0, 0.05) is 0 Å². The summed E-state index contributed by atoms with van der Waals surface area (Å²) in [5.41, 5.74) is 1.73. The van der Waals surface area contributed by atoms with Crippen LogP contribution in [0.1, 0.15) is 18.2 Å². The van der Waals surface area contributed by atoms with Gasteiger partial charge in [0.05, 0.1) is 30.1 Å². The van der Waals surface area contributed by atoms with Crippen LogP contribution in [0, 0.1) is 0 Å². The smallest absolute Gasteiger partial charge is 0.226 e. The summed E-state index contributed by atoms with van der Waals surface area (Å²) < 4.78 is 5.35. The van der Waals surface area contributed by atoms with Crippen LogP contribution in [0.15, 0.2) is 47.1 Å². The van der Waals surface area contributed by atoms with Gasteiger partial charge in [0.2, 0.25) is 5.91 Å². The average molecular weight is 228 g/mol. The molecule has 0 radical (unpaired) electrons. The van der Waals surface area contributed by atoms with E-state index < -0.39 is 0 Å². The topological polar surface area (TPSA) is 54.3 Å². The number of carbonyl (C=O) groups is 1. The molecule has 1 aliphatic heterocycles. The first-order chi connectivity index (χ1) is 8.33. The van der Waals surface area contributed by atoms with Crippen molar-refractivity contribution in [1.82, 2.24) is 0 Å². The minimum absolute atomic E-state index is 0.0103. The van der Waals surface area contributed by atoms with Gasteiger partial charge < -0.3 is 15.1 Å². The van der Waals surface area contributed by atoms with Gasteiger partial charge in [-0.3, -0.25) is 4.79 Å². The third kappa shape index (κ3) is 1.89. The van der Waals surface area contributed by atoms with Gasteiger partial charge in [-0.1, -0.05) is 12.1 Å². The summed E-state index contributed by atoms with van der Waals surface area (Å²) in [4.78, 5) is 11.8. The molecule has 2 heterocycles. The maximum atomic E-state index is 11.8. The van der Waals surface area contributed by atoms with E-state index in [9.17, 15) is 4.79 Å². The van der Waals surface area contributed by atoms with E-state index in [0.29, 0.717) is 6.42 Å². The van der Waals surface area contributed by atoms with Gasteiger partial charge in [-0.15, -0.1) is 0 Å². The number of anilines is 2. The van der Waals surface area contributed by atoms with E-state index in [1.54, 1.807) is 6.26 Å². The Kier molecular flexibility index (Phi) is 2.33. The van der Waals surface area contributed by atoms with Crippen LogP contribution in [-0.4, -0.2) is 5.91 Å². The number of rotatable bonds is 1. The fourth-order valence-electron chi connectivity index (χ4n) is 2.00. The van der Waals surface area contributed by atoms with Crippen molar-refractivity contribution < 1.29 is 9.21 Å². The van der Waals surface area contributed by atoms with Crippen LogP contribution >= 0.6 is 0 Å². The van der Waals surface area contributed by atoms with Crippen molar-refractivity contribution in [1.29, 1.82) is 0 Å². The van der Waals surface area contributed by atoms with Crippen molar-refractivity contribution >= 4 is 17.3 Å². The number of para-hydroxylation sites is 2. The van der Waals surface area contributed by atoms with Crippen molar-refractivity contribution in [3.63, 3.8) is 0 Å². The fourth-order valence-corrected chi connectivity index (χ4v) is 2.00. The number of fused-ring (bicyclic) bond motifs is 1. The quantitative estimate of drug-likeness (QED) is 0.789. The van der Waals surface area contributed by atoms with Crippen LogP contribution in [0.2, 0.25) is 0 Å². The first-order valence-corrected chi connectivity index (χ1v) is 5.52. The van der Waals surface area contributed by atoms with Crippen LogP contribution in [0.25, 0.3) is 0 Å². The van der Waals surface area contributed by atoms with Crippen LogP contribution < -0.4 is 10.6 Å². The number of hydrogen-bond donors (Lipinski definition) is 2. The molecular formula is C13H12N2O2. The van der Waals surface area contributed by atoms with Crippen LogP contribution in [0.3, 0.4) is 0 Å². The van der Waals surface area contributed by atoms with Crippen LogP contribution in [-0.2, 0) is 4.79 Å². The highest BCUT2D eigenvalue weighted by Gasteiger charge is 2.23. The predicted octanol–water partition coefficient (Wildman–Crippen LogP) is 2.78. The summed E-state index contributed by atoms with van der Waals surface area (Å²) in [6.07, 6.45) is 1.98. The molecule has 1 aromatic heterocycles. The van der Waals surface area contributed by atoms with Crippen molar-refractivity contribution in [3.05, 3.63) is 48.4 Å². The lowest BCUT2D eigenvalue weighted by Crippen LogP contribution is -2.15. The number of nitrogens with one attached hydrogen (secondary N) is 2. The molecule has 0 bridgehead atoms. The van der Waals surface area contributed by atoms with Crippen molar-refractivity contribution in [2.75, 3.05) is 10.6 Å². The normalized spacial score (nSPS) is 18.8. The van der Waals surface area contributed by atoms with Crippen LogP contribution in [0.4, 0.5) is 11.4 Å². The van der Waals surface area contributed by atoms with Crippen LogP contribution in [0.5, 0.6) is 0 Å². The SMILES string of the molecule is O=C1C[C@H](c2ccco2)Nc2ccccc2N1. The Balaban J connectivity index is 1.98. The summed E-state index contributed by atoms with van der Waals surface area (Å²) in [6, 6.07) is 11.2. The standard InChI is InChI=1S/C13H12N2O2/c16-13-8-11(12-6-3-7-17-12)14-9-4-1-2-5-10(9)15-13/h1-7,11,14H,8H2,(H,15,16)/t11-/m1/s1. The average Bonchev–Trinajstić information content (AvgIpc) is 2.79. The van der Waals surface area contributed by atoms with E-state index in [4.69, 9.17) is 4.42 Å². The number of benzene rings is 1. The summed E-state index contributed by atoms with van der Waals surface area (Å²) in [5.74, 6) is 0.765. The second kappa shape index (κ2) is 3.97. The summed E-state index contributed by atoms with van der Waals surface area (Å²) in [5, 5.41) is 6.19. The Bertz CT molecular complexity index is 534. The Morgan fingerprint density at radius 3 is 2.71 bits per heavy atom. The highest BCUT2D eigenvalue weighted by atomic mass is 16.3. The number of hydrogen-bond acceptors (Lipinski definition) is 3. The maximum Gasteiger partial charge on any atom is 0.226 e. The highest BCUT2D eigenvalue weighted by molar-refractivity contribution is 5.96. The Hall–Kier alpha value is -2.23. The second-order valence-corrected chi connectivity index (χ2v) is 4.01. The van der Waals surface area contributed by atoms with E-state index >= 15 is 0 Å². The van der Waals surface area contributed by atoms with Crippen molar-refractivity contribution in [2.24, 2.45) is 0 Å². The van der Waals surface area contributed by atoms with Gasteiger partial charge in [0.15, 0.2) is 0 Å². The molecule has 0 fully saturated rings. The lowest BCUT2D eigenvalue weighted by molar-refractivity contribution is -0.116. The number of carbonyl (C=O) groups excluding carboxylic acids is 1. The lowest BCUT2D eigenvalue weighted by Gasteiger charge is -2.14. The Morgan fingerprint density at radius 2 is 1.94 bits per heavy atom. The molecule has 0 saturated carbocycles. The first-order valence-electron chi connectivity index (χ1n) is 5.52. The van der Waals surface area contributed by atoms with Gasteiger partial charge >= 0.3 is 0 Å². The monoisotopic (exact) mass is 228 g/mol. The Labute approximate surface area is 98.6 Å². The second-order valence-electron chi connectivity index (χ2n) is 4.01. The molecule has 4 heteroatoms. The van der Waals surface area contributed by atoms with Gasteiger partial charge in [-0.05, 0) is 24.3 Å². The number of furan rings is 1. The summed E-state index contributed by atoms with van der Waals surface area (Å²) in [7, 11) is 0. The molecule has 0 saturated heterocycles. The third-order valence-corrected chi connectivity index (χ3v) is 2.81. The molecule has 0 spiro atoms. The first kappa shape index (κ1) is 9.96. The zero-order valence-electron chi connectivity index (χ0n) is 9.14. The van der Waals surface area contributed by atoms with E-state index in [1.165, 1.54) is 0 Å².